The van der Waals surface area contributed by atoms with Gasteiger partial charge in [0.2, 0.25) is 0 Å². The SMILES string of the molecule is O=C(NC1CCCCC1O)c1cc(Br)ccc1F. The first-order chi connectivity index (χ1) is 8.58. The van der Waals surface area contributed by atoms with E-state index in [2.05, 4.69) is 21.2 Å². The molecule has 3 nitrogen and oxygen atoms in total. The van der Waals surface area contributed by atoms with Gasteiger partial charge in [0.1, 0.15) is 5.82 Å². The van der Waals surface area contributed by atoms with Crippen LogP contribution >= 0.6 is 15.9 Å². The van der Waals surface area contributed by atoms with Gasteiger partial charge in [-0.2, -0.15) is 0 Å². The first-order valence-corrected chi connectivity index (χ1v) is 6.81. The quantitative estimate of drug-likeness (QED) is 0.881. The van der Waals surface area contributed by atoms with Crippen molar-refractivity contribution in [3.63, 3.8) is 0 Å². The van der Waals surface area contributed by atoms with E-state index in [0.717, 1.165) is 19.3 Å². The highest BCUT2D eigenvalue weighted by Gasteiger charge is 2.25. The van der Waals surface area contributed by atoms with Crippen molar-refractivity contribution in [2.45, 2.75) is 37.8 Å². The Balaban J connectivity index is 2.09. The molecule has 5 heteroatoms. The Morgan fingerprint density at radius 1 is 1.39 bits per heavy atom. The second kappa shape index (κ2) is 5.80. The van der Waals surface area contributed by atoms with Crippen LogP contribution in [0, 0.1) is 5.82 Å². The molecule has 98 valence electrons. The molecule has 1 aliphatic rings. The summed E-state index contributed by atoms with van der Waals surface area (Å²) in [5.41, 5.74) is 0.00199. The van der Waals surface area contributed by atoms with E-state index in [4.69, 9.17) is 0 Å². The van der Waals surface area contributed by atoms with Gasteiger partial charge in [0.25, 0.3) is 5.91 Å². The van der Waals surface area contributed by atoms with Gasteiger partial charge >= 0.3 is 0 Å². The molecule has 2 unspecified atom stereocenters. The van der Waals surface area contributed by atoms with E-state index in [1.165, 1.54) is 12.1 Å². The van der Waals surface area contributed by atoms with Gasteiger partial charge in [0.15, 0.2) is 0 Å². The number of carbonyl (C=O) groups excluding carboxylic acids is 1. The molecule has 1 amide bonds. The average Bonchev–Trinajstić information content (AvgIpc) is 2.35. The van der Waals surface area contributed by atoms with Crippen LogP contribution < -0.4 is 5.32 Å². The van der Waals surface area contributed by atoms with Gasteiger partial charge in [-0.05, 0) is 31.0 Å². The van der Waals surface area contributed by atoms with E-state index in [-0.39, 0.29) is 11.6 Å². The van der Waals surface area contributed by atoms with Gasteiger partial charge in [-0.1, -0.05) is 28.8 Å². The molecule has 0 aromatic heterocycles. The first-order valence-electron chi connectivity index (χ1n) is 6.02. The summed E-state index contributed by atoms with van der Waals surface area (Å²) in [6, 6.07) is 3.96. The third kappa shape index (κ3) is 3.09. The van der Waals surface area contributed by atoms with Crippen LogP contribution in [0.15, 0.2) is 22.7 Å². The van der Waals surface area contributed by atoms with Crippen LogP contribution in [0.5, 0.6) is 0 Å². The molecule has 0 radical (unpaired) electrons. The number of amides is 1. The summed E-state index contributed by atoms with van der Waals surface area (Å²) < 4.78 is 14.2. The third-order valence-electron chi connectivity index (χ3n) is 3.22. The second-order valence-electron chi connectivity index (χ2n) is 4.56. The van der Waals surface area contributed by atoms with E-state index < -0.39 is 17.8 Å². The highest BCUT2D eigenvalue weighted by Crippen LogP contribution is 2.20. The predicted molar refractivity (Wildman–Crippen MR) is 69.8 cm³/mol. The minimum absolute atomic E-state index is 0.00199. The van der Waals surface area contributed by atoms with Crippen molar-refractivity contribution in [3.8, 4) is 0 Å². The Kier molecular flexibility index (Phi) is 4.35. The van der Waals surface area contributed by atoms with Crippen molar-refractivity contribution >= 4 is 21.8 Å². The Morgan fingerprint density at radius 3 is 2.83 bits per heavy atom. The molecule has 1 aromatic rings. The summed E-state index contributed by atoms with van der Waals surface area (Å²) in [6.45, 7) is 0. The molecule has 18 heavy (non-hydrogen) atoms. The molecule has 1 aromatic carbocycles. The monoisotopic (exact) mass is 315 g/mol. The molecule has 1 saturated carbocycles. The maximum Gasteiger partial charge on any atom is 0.254 e. The second-order valence-corrected chi connectivity index (χ2v) is 5.47. The predicted octanol–water partition coefficient (Wildman–Crippen LogP) is 2.62. The largest absolute Gasteiger partial charge is 0.391 e. The summed E-state index contributed by atoms with van der Waals surface area (Å²) in [5, 5.41) is 12.5. The maximum absolute atomic E-state index is 13.5. The molecule has 2 rings (SSSR count). The van der Waals surface area contributed by atoms with Crippen LogP contribution in [-0.2, 0) is 0 Å². The van der Waals surface area contributed by atoms with Gasteiger partial charge in [0.05, 0.1) is 17.7 Å². The van der Waals surface area contributed by atoms with Crippen LogP contribution in [-0.4, -0.2) is 23.2 Å². The lowest BCUT2D eigenvalue weighted by Gasteiger charge is -2.28. The number of hydrogen-bond donors (Lipinski definition) is 2. The lowest BCUT2D eigenvalue weighted by molar-refractivity contribution is 0.0714. The Hall–Kier alpha value is -0.940. The zero-order valence-corrected chi connectivity index (χ0v) is 11.4. The van der Waals surface area contributed by atoms with Crippen molar-refractivity contribution < 1.29 is 14.3 Å². The normalized spacial score (nSPS) is 23.7. The van der Waals surface area contributed by atoms with Crippen molar-refractivity contribution in [1.82, 2.24) is 5.32 Å². The molecule has 2 atom stereocenters. The summed E-state index contributed by atoms with van der Waals surface area (Å²) >= 11 is 3.21. The average molecular weight is 316 g/mol. The molecular weight excluding hydrogens is 301 g/mol. The standard InChI is InChI=1S/C13H15BrFNO2/c14-8-5-6-10(15)9(7-8)13(18)16-11-3-1-2-4-12(11)17/h5-7,11-12,17H,1-4H2,(H,16,18). The smallest absolute Gasteiger partial charge is 0.254 e. The number of carbonyl (C=O) groups is 1. The van der Waals surface area contributed by atoms with Crippen LogP contribution in [0.1, 0.15) is 36.0 Å². The van der Waals surface area contributed by atoms with Crippen LogP contribution in [0.4, 0.5) is 4.39 Å². The van der Waals surface area contributed by atoms with Crippen molar-refractivity contribution in [2.75, 3.05) is 0 Å². The molecular formula is C13H15BrFNO2. The molecule has 0 saturated heterocycles. The fraction of sp³-hybridized carbons (Fsp3) is 0.462. The molecule has 0 bridgehead atoms. The van der Waals surface area contributed by atoms with Crippen molar-refractivity contribution in [3.05, 3.63) is 34.1 Å². The van der Waals surface area contributed by atoms with Gasteiger partial charge in [-0.3, -0.25) is 4.79 Å². The van der Waals surface area contributed by atoms with Crippen LogP contribution in [0.25, 0.3) is 0 Å². The lowest BCUT2D eigenvalue weighted by atomic mass is 9.92. The fourth-order valence-electron chi connectivity index (χ4n) is 2.20. The van der Waals surface area contributed by atoms with E-state index in [1.807, 2.05) is 0 Å². The number of nitrogens with one attached hydrogen (secondary N) is 1. The van der Waals surface area contributed by atoms with E-state index in [9.17, 15) is 14.3 Å². The molecule has 0 heterocycles. The van der Waals surface area contributed by atoms with Crippen molar-refractivity contribution in [2.24, 2.45) is 0 Å². The minimum Gasteiger partial charge on any atom is -0.391 e. The summed E-state index contributed by atoms with van der Waals surface area (Å²) in [6.07, 6.45) is 2.84. The topological polar surface area (TPSA) is 49.3 Å². The van der Waals surface area contributed by atoms with Crippen molar-refractivity contribution in [1.29, 1.82) is 0 Å². The van der Waals surface area contributed by atoms with Crippen LogP contribution in [0.2, 0.25) is 0 Å². The molecule has 1 fully saturated rings. The van der Waals surface area contributed by atoms with E-state index in [1.54, 1.807) is 6.07 Å². The number of aliphatic hydroxyl groups is 1. The highest BCUT2D eigenvalue weighted by atomic mass is 79.9. The minimum atomic E-state index is -0.555. The summed E-state index contributed by atoms with van der Waals surface area (Å²) in [4.78, 5) is 11.9. The number of halogens is 2. The fourth-order valence-corrected chi connectivity index (χ4v) is 2.56. The summed E-state index contributed by atoms with van der Waals surface area (Å²) in [7, 11) is 0. The highest BCUT2D eigenvalue weighted by molar-refractivity contribution is 9.10. The molecule has 0 aliphatic heterocycles. The summed E-state index contributed by atoms with van der Waals surface area (Å²) in [5.74, 6) is -1.03. The Labute approximate surface area is 114 Å². The number of benzene rings is 1. The zero-order chi connectivity index (χ0) is 13.1. The third-order valence-corrected chi connectivity index (χ3v) is 3.71. The van der Waals surface area contributed by atoms with Crippen LogP contribution in [0.3, 0.4) is 0 Å². The van der Waals surface area contributed by atoms with E-state index in [0.29, 0.717) is 10.9 Å². The maximum atomic E-state index is 13.5. The molecule has 0 spiro atoms. The lowest BCUT2D eigenvalue weighted by Crippen LogP contribution is -2.45. The number of hydrogen-bond acceptors (Lipinski definition) is 2. The number of aliphatic hydroxyl groups excluding tert-OH is 1. The van der Waals surface area contributed by atoms with Gasteiger partial charge in [-0.15, -0.1) is 0 Å². The Morgan fingerprint density at radius 2 is 2.11 bits per heavy atom. The zero-order valence-electron chi connectivity index (χ0n) is 9.83. The number of rotatable bonds is 2. The molecule has 2 N–H and O–H groups in total. The van der Waals surface area contributed by atoms with Gasteiger partial charge in [-0.25, -0.2) is 4.39 Å². The molecule has 1 aliphatic carbocycles. The first kappa shape index (κ1) is 13.5. The van der Waals surface area contributed by atoms with Gasteiger partial charge < -0.3 is 10.4 Å². The Bertz CT molecular complexity index is 453. The van der Waals surface area contributed by atoms with Gasteiger partial charge in [0, 0.05) is 4.47 Å². The van der Waals surface area contributed by atoms with E-state index >= 15 is 0 Å².